The Morgan fingerprint density at radius 2 is 1.71 bits per heavy atom. The molecule has 2 aromatic heterocycles. The van der Waals surface area contributed by atoms with Gasteiger partial charge in [-0.15, -0.1) is 20.4 Å². The van der Waals surface area contributed by atoms with Crippen LogP contribution in [0.1, 0.15) is 24.7 Å². The monoisotopic (exact) mass is 514 g/mol. The molecule has 4 aromatic rings. The van der Waals surface area contributed by atoms with Crippen LogP contribution in [0.4, 0.5) is 5.13 Å². The van der Waals surface area contributed by atoms with Crippen molar-refractivity contribution in [2.75, 3.05) is 5.32 Å². The molecule has 0 radical (unpaired) electrons. The van der Waals surface area contributed by atoms with E-state index in [0.29, 0.717) is 16.0 Å². The van der Waals surface area contributed by atoms with Gasteiger partial charge in [-0.3, -0.25) is 14.7 Å². The van der Waals surface area contributed by atoms with Crippen LogP contribution in [-0.2, 0) is 26.8 Å². The third kappa shape index (κ3) is 5.51. The fraction of sp³-hybridized carbons (Fsp3) is 0.227. The lowest BCUT2D eigenvalue weighted by Gasteiger charge is -2.13. The molecule has 1 unspecified atom stereocenters. The van der Waals surface area contributed by atoms with Crippen molar-refractivity contribution in [3.63, 3.8) is 0 Å². The summed E-state index contributed by atoms with van der Waals surface area (Å²) >= 11 is 2.52. The summed E-state index contributed by atoms with van der Waals surface area (Å²) in [6.07, 6.45) is 0.743. The van der Waals surface area contributed by atoms with Crippen molar-refractivity contribution >= 4 is 44.0 Å². The topological polar surface area (TPSA) is 120 Å². The van der Waals surface area contributed by atoms with Crippen molar-refractivity contribution in [3.05, 3.63) is 71.5 Å². The van der Waals surface area contributed by atoms with Crippen LogP contribution in [0.5, 0.6) is 0 Å². The minimum atomic E-state index is -3.64. The van der Waals surface area contributed by atoms with E-state index in [0.717, 1.165) is 11.4 Å². The maximum atomic E-state index is 13.0. The second-order valence-electron chi connectivity index (χ2n) is 7.25. The molecule has 0 fully saturated rings. The number of amides is 1. The molecule has 1 N–H and O–H groups in total. The van der Waals surface area contributed by atoms with E-state index < -0.39 is 15.1 Å². The summed E-state index contributed by atoms with van der Waals surface area (Å²) in [5, 5.41) is 20.3. The number of nitrogens with zero attached hydrogens (tertiary/aromatic N) is 5. The molecule has 34 heavy (non-hydrogen) atoms. The highest BCUT2D eigenvalue weighted by molar-refractivity contribution is 8.00. The SMILES string of the molecule is CCc1nnc(NC(=O)C(C)Sc2nnc(CS(=O)(=O)c3ccccc3)n2-c2ccccc2)s1. The molecular formula is C22H22N6O3S3. The van der Waals surface area contributed by atoms with Crippen LogP contribution in [0.2, 0.25) is 0 Å². The molecule has 0 saturated carbocycles. The van der Waals surface area contributed by atoms with Gasteiger partial charge in [0.15, 0.2) is 20.8 Å². The Morgan fingerprint density at radius 3 is 2.35 bits per heavy atom. The third-order valence-electron chi connectivity index (χ3n) is 4.79. The predicted molar refractivity (Wildman–Crippen MR) is 132 cm³/mol. The molecule has 0 aliphatic rings. The van der Waals surface area contributed by atoms with Crippen LogP contribution in [0.15, 0.2) is 70.7 Å². The van der Waals surface area contributed by atoms with Crippen molar-refractivity contribution in [1.82, 2.24) is 25.0 Å². The van der Waals surface area contributed by atoms with Crippen LogP contribution in [0, 0.1) is 0 Å². The van der Waals surface area contributed by atoms with Crippen LogP contribution in [0.25, 0.3) is 5.69 Å². The maximum Gasteiger partial charge on any atom is 0.239 e. The smallest absolute Gasteiger partial charge is 0.239 e. The van der Waals surface area contributed by atoms with Gasteiger partial charge in [0.25, 0.3) is 0 Å². The molecule has 176 valence electrons. The average Bonchev–Trinajstić information content (AvgIpc) is 3.46. The van der Waals surface area contributed by atoms with Gasteiger partial charge in [0.2, 0.25) is 11.0 Å². The first-order valence-corrected chi connectivity index (χ1v) is 13.8. The Hall–Kier alpha value is -3.09. The van der Waals surface area contributed by atoms with E-state index in [4.69, 9.17) is 0 Å². The highest BCUT2D eigenvalue weighted by Crippen LogP contribution is 2.28. The molecule has 0 bridgehead atoms. The maximum absolute atomic E-state index is 13.0. The van der Waals surface area contributed by atoms with Gasteiger partial charge in [-0.25, -0.2) is 8.42 Å². The summed E-state index contributed by atoms with van der Waals surface area (Å²) in [6, 6.07) is 17.5. The number of para-hydroxylation sites is 1. The first kappa shape index (κ1) is 24.0. The van der Waals surface area contributed by atoms with E-state index in [2.05, 4.69) is 25.7 Å². The number of carbonyl (C=O) groups is 1. The van der Waals surface area contributed by atoms with Gasteiger partial charge in [-0.1, -0.05) is 66.4 Å². The minimum Gasteiger partial charge on any atom is -0.300 e. The number of aromatic nitrogens is 5. The van der Waals surface area contributed by atoms with E-state index >= 15 is 0 Å². The predicted octanol–water partition coefficient (Wildman–Crippen LogP) is 3.77. The molecule has 9 nitrogen and oxygen atoms in total. The first-order chi connectivity index (χ1) is 16.4. The van der Waals surface area contributed by atoms with E-state index in [-0.39, 0.29) is 22.4 Å². The molecule has 0 aliphatic carbocycles. The molecule has 1 atom stereocenters. The van der Waals surface area contributed by atoms with Crippen molar-refractivity contribution in [2.24, 2.45) is 0 Å². The summed E-state index contributed by atoms with van der Waals surface area (Å²) in [6.45, 7) is 3.71. The van der Waals surface area contributed by atoms with Crippen LogP contribution < -0.4 is 5.32 Å². The van der Waals surface area contributed by atoms with Gasteiger partial charge in [-0.2, -0.15) is 0 Å². The molecule has 1 amide bonds. The molecule has 12 heteroatoms. The number of hydrogen-bond donors (Lipinski definition) is 1. The number of carbonyl (C=O) groups excluding carboxylic acids is 1. The van der Waals surface area contributed by atoms with E-state index in [1.165, 1.54) is 23.1 Å². The molecule has 2 aromatic carbocycles. The van der Waals surface area contributed by atoms with Crippen molar-refractivity contribution in [3.8, 4) is 5.69 Å². The van der Waals surface area contributed by atoms with Crippen LogP contribution >= 0.6 is 23.1 Å². The van der Waals surface area contributed by atoms with Gasteiger partial charge in [0.05, 0.1) is 10.1 Å². The number of aryl methyl sites for hydroxylation is 1. The zero-order valence-electron chi connectivity index (χ0n) is 18.5. The molecule has 4 rings (SSSR count). The Bertz CT molecular complexity index is 1370. The van der Waals surface area contributed by atoms with Crippen LogP contribution in [-0.4, -0.2) is 44.5 Å². The number of nitrogens with one attached hydrogen (secondary N) is 1. The van der Waals surface area contributed by atoms with Gasteiger partial charge < -0.3 is 0 Å². The van der Waals surface area contributed by atoms with E-state index in [1.807, 2.05) is 37.3 Å². The number of thioether (sulfide) groups is 1. The number of hydrogen-bond acceptors (Lipinski definition) is 9. The van der Waals surface area contributed by atoms with Crippen molar-refractivity contribution in [2.45, 2.75) is 41.3 Å². The van der Waals surface area contributed by atoms with Gasteiger partial charge in [0.1, 0.15) is 10.8 Å². The van der Waals surface area contributed by atoms with Crippen molar-refractivity contribution in [1.29, 1.82) is 0 Å². The number of benzene rings is 2. The summed E-state index contributed by atoms with van der Waals surface area (Å²) in [5.41, 5.74) is 0.706. The standard InChI is InChI=1S/C22H22N6O3S3/c1-3-19-25-26-21(33-19)23-20(29)15(2)32-22-27-24-18(28(22)16-10-6-4-7-11-16)14-34(30,31)17-12-8-5-9-13-17/h4-13,15H,3,14H2,1-2H3,(H,23,26,29). The normalized spacial score (nSPS) is 12.4. The second-order valence-corrected chi connectivity index (χ2v) is 11.6. The summed E-state index contributed by atoms with van der Waals surface area (Å²) in [5.74, 6) is -0.323. The number of anilines is 1. The molecule has 0 saturated heterocycles. The largest absolute Gasteiger partial charge is 0.300 e. The molecule has 0 aliphatic heterocycles. The fourth-order valence-electron chi connectivity index (χ4n) is 3.05. The van der Waals surface area contributed by atoms with Crippen LogP contribution in [0.3, 0.4) is 0 Å². The lowest BCUT2D eigenvalue weighted by atomic mass is 10.3. The lowest BCUT2D eigenvalue weighted by Crippen LogP contribution is -2.23. The molecular weight excluding hydrogens is 492 g/mol. The van der Waals surface area contributed by atoms with E-state index in [9.17, 15) is 13.2 Å². The minimum absolute atomic E-state index is 0.211. The third-order valence-corrected chi connectivity index (χ3v) is 8.44. The Labute approximate surface area is 205 Å². The average molecular weight is 515 g/mol. The summed E-state index contributed by atoms with van der Waals surface area (Å²) in [4.78, 5) is 12.9. The first-order valence-electron chi connectivity index (χ1n) is 10.4. The number of rotatable bonds is 9. The highest BCUT2D eigenvalue weighted by Gasteiger charge is 2.25. The van der Waals surface area contributed by atoms with Gasteiger partial charge in [-0.05, 0) is 37.6 Å². The quantitative estimate of drug-likeness (QED) is 0.335. The zero-order valence-corrected chi connectivity index (χ0v) is 20.9. The zero-order chi connectivity index (χ0) is 24.1. The second kappa shape index (κ2) is 10.5. The molecule has 2 heterocycles. The van der Waals surface area contributed by atoms with Crippen molar-refractivity contribution < 1.29 is 13.2 Å². The fourth-order valence-corrected chi connectivity index (χ4v) is 5.89. The van der Waals surface area contributed by atoms with Gasteiger partial charge >= 0.3 is 0 Å². The summed E-state index contributed by atoms with van der Waals surface area (Å²) < 4.78 is 27.7. The molecule has 0 spiro atoms. The highest BCUT2D eigenvalue weighted by atomic mass is 32.2. The Morgan fingerprint density at radius 1 is 1.03 bits per heavy atom. The van der Waals surface area contributed by atoms with E-state index in [1.54, 1.807) is 41.8 Å². The van der Waals surface area contributed by atoms with Gasteiger partial charge in [0, 0.05) is 5.69 Å². The Kier molecular flexibility index (Phi) is 7.39. The lowest BCUT2D eigenvalue weighted by molar-refractivity contribution is -0.115. The Balaban J connectivity index is 1.60. The number of sulfone groups is 1. The summed E-state index contributed by atoms with van der Waals surface area (Å²) in [7, 11) is -3.64.